The van der Waals surface area contributed by atoms with Gasteiger partial charge in [0.25, 0.3) is 0 Å². The average Bonchev–Trinajstić information content (AvgIpc) is 3.27. The van der Waals surface area contributed by atoms with Crippen LogP contribution in [0.2, 0.25) is 0 Å². The number of aryl methyl sites for hydroxylation is 3. The SMILES string of the molecule is Cc1cn(CCn2cnc(-c3ccccc3)c2-c2ccncc2)nn1. The molecule has 0 amide bonds. The summed E-state index contributed by atoms with van der Waals surface area (Å²) < 4.78 is 4.02. The van der Waals surface area contributed by atoms with Crippen LogP contribution in [-0.2, 0) is 13.1 Å². The molecule has 0 saturated carbocycles. The van der Waals surface area contributed by atoms with Crippen molar-refractivity contribution in [2.24, 2.45) is 0 Å². The van der Waals surface area contributed by atoms with Crippen molar-refractivity contribution in [2.75, 3.05) is 0 Å². The van der Waals surface area contributed by atoms with Crippen LogP contribution in [0.1, 0.15) is 5.69 Å². The van der Waals surface area contributed by atoms with Gasteiger partial charge in [0.2, 0.25) is 0 Å². The number of nitrogens with zero attached hydrogens (tertiary/aromatic N) is 6. The first-order chi connectivity index (χ1) is 12.3. The van der Waals surface area contributed by atoms with Gasteiger partial charge >= 0.3 is 0 Å². The van der Waals surface area contributed by atoms with Gasteiger partial charge in [-0.15, -0.1) is 5.10 Å². The fourth-order valence-corrected chi connectivity index (χ4v) is 2.89. The Morgan fingerprint density at radius 1 is 0.920 bits per heavy atom. The summed E-state index contributed by atoms with van der Waals surface area (Å²) in [7, 11) is 0. The number of hydrogen-bond donors (Lipinski definition) is 0. The molecule has 6 nitrogen and oxygen atoms in total. The van der Waals surface area contributed by atoms with Crippen LogP contribution < -0.4 is 0 Å². The quantitative estimate of drug-likeness (QED) is 0.564. The van der Waals surface area contributed by atoms with Gasteiger partial charge < -0.3 is 4.57 Å². The Hall–Kier alpha value is -3.28. The van der Waals surface area contributed by atoms with E-state index in [9.17, 15) is 0 Å². The molecule has 124 valence electrons. The molecular weight excluding hydrogens is 312 g/mol. The van der Waals surface area contributed by atoms with E-state index in [1.54, 1.807) is 0 Å². The van der Waals surface area contributed by atoms with Crippen LogP contribution >= 0.6 is 0 Å². The van der Waals surface area contributed by atoms with Crippen LogP contribution in [0.15, 0.2) is 67.4 Å². The Balaban J connectivity index is 1.73. The van der Waals surface area contributed by atoms with Gasteiger partial charge in [-0.1, -0.05) is 35.5 Å². The van der Waals surface area contributed by atoms with Crippen molar-refractivity contribution in [3.05, 3.63) is 73.1 Å². The Bertz CT molecular complexity index is 956. The highest BCUT2D eigenvalue weighted by molar-refractivity contribution is 5.78. The van der Waals surface area contributed by atoms with E-state index in [1.165, 1.54) is 0 Å². The van der Waals surface area contributed by atoms with Crippen molar-refractivity contribution in [3.63, 3.8) is 0 Å². The molecule has 0 aliphatic heterocycles. The number of rotatable bonds is 5. The Kier molecular flexibility index (Phi) is 4.08. The summed E-state index contributed by atoms with van der Waals surface area (Å²) in [6.45, 7) is 3.44. The van der Waals surface area contributed by atoms with Gasteiger partial charge in [0.1, 0.15) is 0 Å². The second-order valence-electron chi connectivity index (χ2n) is 5.86. The lowest BCUT2D eigenvalue weighted by Gasteiger charge is -2.10. The molecule has 0 fully saturated rings. The molecule has 3 heterocycles. The van der Waals surface area contributed by atoms with Crippen molar-refractivity contribution in [2.45, 2.75) is 20.0 Å². The zero-order chi connectivity index (χ0) is 17.1. The second-order valence-corrected chi connectivity index (χ2v) is 5.86. The van der Waals surface area contributed by atoms with Gasteiger partial charge in [-0.05, 0) is 19.1 Å². The van der Waals surface area contributed by atoms with Crippen molar-refractivity contribution in [1.82, 2.24) is 29.5 Å². The van der Waals surface area contributed by atoms with Gasteiger partial charge in [0, 0.05) is 36.3 Å². The standard InChI is InChI=1S/C19H18N6/c1-15-13-25(23-22-15)12-11-24-14-21-18(16-5-3-2-4-6-16)19(24)17-7-9-20-10-8-17/h2-10,13-14H,11-12H2,1H3. The van der Waals surface area contributed by atoms with Gasteiger partial charge in [-0.3, -0.25) is 9.67 Å². The molecule has 3 aromatic heterocycles. The molecule has 0 aliphatic carbocycles. The van der Waals surface area contributed by atoms with Crippen LogP contribution in [0.3, 0.4) is 0 Å². The smallest absolute Gasteiger partial charge is 0.0963 e. The molecule has 0 saturated heterocycles. The molecule has 0 atom stereocenters. The zero-order valence-electron chi connectivity index (χ0n) is 13.9. The second kappa shape index (κ2) is 6.68. The van der Waals surface area contributed by atoms with Crippen molar-refractivity contribution < 1.29 is 0 Å². The van der Waals surface area contributed by atoms with Crippen molar-refractivity contribution in [3.8, 4) is 22.5 Å². The number of hydrogen-bond acceptors (Lipinski definition) is 4. The number of pyridine rings is 1. The fraction of sp³-hybridized carbons (Fsp3) is 0.158. The van der Waals surface area contributed by atoms with E-state index in [4.69, 9.17) is 0 Å². The van der Waals surface area contributed by atoms with Gasteiger partial charge in [0.15, 0.2) is 0 Å². The van der Waals surface area contributed by atoms with Gasteiger partial charge in [-0.2, -0.15) is 0 Å². The number of benzene rings is 1. The fourth-order valence-electron chi connectivity index (χ4n) is 2.89. The zero-order valence-corrected chi connectivity index (χ0v) is 13.9. The van der Waals surface area contributed by atoms with Crippen LogP contribution in [-0.4, -0.2) is 29.5 Å². The monoisotopic (exact) mass is 330 g/mol. The minimum absolute atomic E-state index is 0.740. The highest BCUT2D eigenvalue weighted by Crippen LogP contribution is 2.30. The van der Waals surface area contributed by atoms with Gasteiger partial charge in [0.05, 0.1) is 30.0 Å². The maximum atomic E-state index is 4.68. The first-order valence-electron chi connectivity index (χ1n) is 8.19. The molecule has 25 heavy (non-hydrogen) atoms. The van der Waals surface area contributed by atoms with E-state index in [2.05, 4.69) is 37.0 Å². The van der Waals surface area contributed by atoms with Crippen LogP contribution in [0.25, 0.3) is 22.5 Å². The molecule has 1 aromatic carbocycles. The lowest BCUT2D eigenvalue weighted by atomic mass is 10.1. The summed E-state index contributed by atoms with van der Waals surface area (Å²) in [4.78, 5) is 8.81. The first kappa shape index (κ1) is 15.3. The summed E-state index contributed by atoms with van der Waals surface area (Å²) in [5.74, 6) is 0. The molecule has 0 radical (unpaired) electrons. The largest absolute Gasteiger partial charge is 0.328 e. The maximum absolute atomic E-state index is 4.68. The summed E-state index contributed by atoms with van der Waals surface area (Å²) in [6, 6.07) is 14.3. The molecule has 4 aromatic rings. The van der Waals surface area contributed by atoms with Gasteiger partial charge in [-0.25, -0.2) is 4.98 Å². The third-order valence-corrected chi connectivity index (χ3v) is 4.06. The van der Waals surface area contributed by atoms with Crippen molar-refractivity contribution >= 4 is 0 Å². The predicted molar refractivity (Wildman–Crippen MR) is 95.7 cm³/mol. The molecule has 6 heteroatoms. The van der Waals surface area contributed by atoms with Crippen LogP contribution in [0.5, 0.6) is 0 Å². The molecule has 4 rings (SSSR count). The topological polar surface area (TPSA) is 61.4 Å². The van der Waals surface area contributed by atoms with E-state index in [-0.39, 0.29) is 0 Å². The van der Waals surface area contributed by atoms with E-state index in [1.807, 2.05) is 66.9 Å². The first-order valence-corrected chi connectivity index (χ1v) is 8.19. The Morgan fingerprint density at radius 3 is 2.44 bits per heavy atom. The Morgan fingerprint density at radius 2 is 1.72 bits per heavy atom. The van der Waals surface area contributed by atoms with E-state index >= 15 is 0 Å². The van der Waals surface area contributed by atoms with E-state index < -0.39 is 0 Å². The normalized spacial score (nSPS) is 10.9. The summed E-state index contributed by atoms with van der Waals surface area (Å²) in [6.07, 6.45) is 7.45. The molecule has 0 N–H and O–H groups in total. The van der Waals surface area contributed by atoms with Crippen LogP contribution in [0.4, 0.5) is 0 Å². The molecule has 0 bridgehead atoms. The van der Waals surface area contributed by atoms with Crippen LogP contribution in [0, 0.1) is 6.92 Å². The third-order valence-electron chi connectivity index (χ3n) is 4.06. The third kappa shape index (κ3) is 3.19. The lowest BCUT2D eigenvalue weighted by Crippen LogP contribution is -2.08. The minimum atomic E-state index is 0.740. The Labute approximate surface area is 145 Å². The van der Waals surface area contributed by atoms with E-state index in [0.717, 1.165) is 41.3 Å². The van der Waals surface area contributed by atoms with Crippen molar-refractivity contribution in [1.29, 1.82) is 0 Å². The molecule has 0 aliphatic rings. The highest BCUT2D eigenvalue weighted by atomic mass is 15.4. The summed E-state index contributed by atoms with van der Waals surface area (Å²) >= 11 is 0. The summed E-state index contributed by atoms with van der Waals surface area (Å²) in [5.41, 5.74) is 5.18. The lowest BCUT2D eigenvalue weighted by molar-refractivity contribution is 0.521. The number of imidazole rings is 1. The highest BCUT2D eigenvalue weighted by Gasteiger charge is 2.14. The predicted octanol–water partition coefficient (Wildman–Crippen LogP) is 3.21. The number of aromatic nitrogens is 6. The molecular formula is C19H18N6. The summed E-state index contributed by atoms with van der Waals surface area (Å²) in [5, 5.41) is 8.16. The molecule has 0 unspecified atom stereocenters. The van der Waals surface area contributed by atoms with E-state index in [0.29, 0.717) is 0 Å². The minimum Gasteiger partial charge on any atom is -0.328 e. The maximum Gasteiger partial charge on any atom is 0.0963 e. The molecule has 0 spiro atoms. The average molecular weight is 330 g/mol.